The third-order valence-corrected chi connectivity index (χ3v) is 5.51. The van der Waals surface area contributed by atoms with Crippen LogP contribution in [0.3, 0.4) is 0 Å². The molecule has 122 valence electrons. The highest BCUT2D eigenvalue weighted by Gasteiger charge is 2.32. The molecule has 0 aliphatic rings. The van der Waals surface area contributed by atoms with Crippen LogP contribution in [0.4, 0.5) is 4.39 Å². The van der Waals surface area contributed by atoms with Crippen LogP contribution >= 0.6 is 27.7 Å². The molecule has 0 amide bonds. The number of pyridine rings is 1. The number of nitrogens with zero attached hydrogens (tertiary/aromatic N) is 2. The second-order valence-electron chi connectivity index (χ2n) is 5.76. The summed E-state index contributed by atoms with van der Waals surface area (Å²) in [5, 5.41) is 9.41. The minimum absolute atomic E-state index is 0.205. The molecule has 1 aromatic heterocycles. The molecule has 1 aromatic rings. The topological polar surface area (TPSA) is 88.7 Å². The quantitative estimate of drug-likeness (QED) is 0.526. The average Bonchev–Trinajstić information content (AvgIpc) is 2.48. The molecule has 7 heteroatoms. The van der Waals surface area contributed by atoms with Gasteiger partial charge >= 0.3 is 0 Å². The van der Waals surface area contributed by atoms with E-state index in [4.69, 9.17) is 11.5 Å². The van der Waals surface area contributed by atoms with Crippen LogP contribution in [0.15, 0.2) is 16.7 Å². The first-order valence-corrected chi connectivity index (χ1v) is 8.88. The number of thioether (sulfide) groups is 1. The molecule has 1 rings (SSSR count). The van der Waals surface area contributed by atoms with Crippen molar-refractivity contribution in [3.05, 3.63) is 28.2 Å². The zero-order valence-electron chi connectivity index (χ0n) is 12.9. The van der Waals surface area contributed by atoms with Crippen LogP contribution < -0.4 is 11.5 Å². The third kappa shape index (κ3) is 5.51. The van der Waals surface area contributed by atoms with Crippen molar-refractivity contribution in [2.45, 2.75) is 43.4 Å². The molecule has 0 saturated heterocycles. The molecule has 4 N–H and O–H groups in total. The highest BCUT2D eigenvalue weighted by molar-refractivity contribution is 9.10. The van der Waals surface area contributed by atoms with E-state index in [1.54, 1.807) is 6.92 Å². The molecule has 4 nitrogen and oxygen atoms in total. The molecule has 0 aliphatic carbocycles. The van der Waals surface area contributed by atoms with E-state index in [2.05, 4.69) is 27.0 Å². The summed E-state index contributed by atoms with van der Waals surface area (Å²) in [6.07, 6.45) is 2.51. The van der Waals surface area contributed by atoms with Crippen molar-refractivity contribution in [1.29, 1.82) is 5.26 Å². The lowest BCUT2D eigenvalue weighted by atomic mass is 10.0. The molecule has 0 saturated carbocycles. The predicted octanol–water partition coefficient (Wildman–Crippen LogP) is 3.30. The van der Waals surface area contributed by atoms with Crippen molar-refractivity contribution >= 4 is 27.7 Å². The van der Waals surface area contributed by atoms with Crippen LogP contribution in [0.1, 0.15) is 38.8 Å². The first-order chi connectivity index (χ1) is 10.2. The summed E-state index contributed by atoms with van der Waals surface area (Å²) >= 11 is 4.67. The van der Waals surface area contributed by atoms with E-state index < -0.39 is 16.1 Å². The van der Waals surface area contributed by atoms with Gasteiger partial charge in [-0.05, 0) is 67.7 Å². The van der Waals surface area contributed by atoms with Gasteiger partial charge in [0.25, 0.3) is 0 Å². The monoisotopic (exact) mass is 388 g/mol. The first kappa shape index (κ1) is 19.4. The lowest BCUT2D eigenvalue weighted by Gasteiger charge is -2.29. The maximum absolute atomic E-state index is 14.0. The molecule has 22 heavy (non-hydrogen) atoms. The summed E-state index contributed by atoms with van der Waals surface area (Å²) in [5.74, 6) is -0.0318. The summed E-state index contributed by atoms with van der Waals surface area (Å²) in [7, 11) is 0. The minimum atomic E-state index is -0.954. The SMILES string of the molecule is CC(C#N)(CCCCN)SCC(C)(N)c1nc(Br)ccc1F. The fourth-order valence-electron chi connectivity index (χ4n) is 1.96. The zero-order chi connectivity index (χ0) is 16.8. The van der Waals surface area contributed by atoms with E-state index >= 15 is 0 Å². The van der Waals surface area contributed by atoms with Crippen LogP contribution in [0.25, 0.3) is 0 Å². The maximum atomic E-state index is 14.0. The second kappa shape index (κ2) is 8.25. The summed E-state index contributed by atoms with van der Waals surface area (Å²) in [5.41, 5.74) is 11.0. The predicted molar refractivity (Wildman–Crippen MR) is 92.8 cm³/mol. The van der Waals surface area contributed by atoms with E-state index in [1.165, 1.54) is 23.9 Å². The van der Waals surface area contributed by atoms with Crippen molar-refractivity contribution in [3.63, 3.8) is 0 Å². The zero-order valence-corrected chi connectivity index (χ0v) is 15.3. The van der Waals surface area contributed by atoms with E-state index in [-0.39, 0.29) is 5.69 Å². The van der Waals surface area contributed by atoms with Gasteiger partial charge < -0.3 is 11.5 Å². The molecule has 2 atom stereocenters. The number of halogens is 2. The molecule has 1 heterocycles. The lowest BCUT2D eigenvalue weighted by Crippen LogP contribution is -2.39. The number of unbranched alkanes of at least 4 members (excludes halogenated alkanes) is 1. The van der Waals surface area contributed by atoms with Gasteiger partial charge in [-0.3, -0.25) is 0 Å². The number of aromatic nitrogens is 1. The Labute approximate surface area is 144 Å². The summed E-state index contributed by atoms with van der Waals surface area (Å²) in [6, 6.07) is 5.21. The van der Waals surface area contributed by atoms with E-state index in [1.807, 2.05) is 6.92 Å². The molecular formula is C15H22BrFN4S. The van der Waals surface area contributed by atoms with Gasteiger partial charge in [-0.25, -0.2) is 9.37 Å². The Balaban J connectivity index is 2.79. The second-order valence-corrected chi connectivity index (χ2v) is 8.05. The van der Waals surface area contributed by atoms with Crippen molar-refractivity contribution in [2.24, 2.45) is 11.5 Å². The van der Waals surface area contributed by atoms with Gasteiger partial charge in [-0.15, -0.1) is 11.8 Å². The molecule has 2 unspecified atom stereocenters. The van der Waals surface area contributed by atoms with Crippen LogP contribution in [0.5, 0.6) is 0 Å². The highest BCUT2D eigenvalue weighted by Crippen LogP contribution is 2.35. The fraction of sp³-hybridized carbons (Fsp3) is 0.600. The average molecular weight is 389 g/mol. The largest absolute Gasteiger partial charge is 0.330 e. The van der Waals surface area contributed by atoms with Crippen LogP contribution in [-0.4, -0.2) is 22.0 Å². The Hall–Kier alpha value is -0.680. The van der Waals surface area contributed by atoms with Crippen LogP contribution in [0.2, 0.25) is 0 Å². The lowest BCUT2D eigenvalue weighted by molar-refractivity contribution is 0.486. The van der Waals surface area contributed by atoms with Gasteiger partial charge in [0, 0.05) is 5.75 Å². The van der Waals surface area contributed by atoms with Crippen molar-refractivity contribution in [3.8, 4) is 6.07 Å². The van der Waals surface area contributed by atoms with Crippen molar-refractivity contribution in [1.82, 2.24) is 4.98 Å². The summed E-state index contributed by atoms with van der Waals surface area (Å²) in [4.78, 5) is 4.15. The van der Waals surface area contributed by atoms with E-state index in [0.717, 1.165) is 19.3 Å². The maximum Gasteiger partial charge on any atom is 0.146 e. The fourth-order valence-corrected chi connectivity index (χ4v) is 3.38. The third-order valence-electron chi connectivity index (χ3n) is 3.39. The normalized spacial score (nSPS) is 16.6. The van der Waals surface area contributed by atoms with Crippen molar-refractivity contribution < 1.29 is 4.39 Å². The Morgan fingerprint density at radius 2 is 2.09 bits per heavy atom. The number of rotatable bonds is 8. The standard InChI is InChI=1S/C15H22BrFN4S/c1-14(9-19,7-3-4-8-18)22-10-15(2,20)13-11(17)5-6-12(16)21-13/h5-6H,3-4,7-8,10,18,20H2,1-2H3. The summed E-state index contributed by atoms with van der Waals surface area (Å²) in [6.45, 7) is 4.23. The molecule has 0 fully saturated rings. The van der Waals surface area contributed by atoms with E-state index in [0.29, 0.717) is 16.9 Å². The van der Waals surface area contributed by atoms with Gasteiger partial charge in [0.1, 0.15) is 10.4 Å². The number of hydrogen-bond acceptors (Lipinski definition) is 5. The molecule has 0 aliphatic heterocycles. The van der Waals surface area contributed by atoms with Gasteiger partial charge in [-0.2, -0.15) is 5.26 Å². The molecular weight excluding hydrogens is 367 g/mol. The Kier molecular flexibility index (Phi) is 7.26. The van der Waals surface area contributed by atoms with Gasteiger partial charge in [0.2, 0.25) is 0 Å². The van der Waals surface area contributed by atoms with Gasteiger partial charge in [-0.1, -0.05) is 0 Å². The first-order valence-electron chi connectivity index (χ1n) is 7.11. The van der Waals surface area contributed by atoms with Gasteiger partial charge in [0.15, 0.2) is 0 Å². The number of nitriles is 1. The Morgan fingerprint density at radius 3 is 2.68 bits per heavy atom. The molecule has 0 bridgehead atoms. The number of hydrogen-bond donors (Lipinski definition) is 2. The molecule has 0 spiro atoms. The highest BCUT2D eigenvalue weighted by atomic mass is 79.9. The smallest absolute Gasteiger partial charge is 0.146 e. The molecule has 0 aromatic carbocycles. The Bertz CT molecular complexity index is 547. The Morgan fingerprint density at radius 1 is 1.41 bits per heavy atom. The van der Waals surface area contributed by atoms with Crippen LogP contribution in [0, 0.1) is 17.1 Å². The van der Waals surface area contributed by atoms with Gasteiger partial charge in [0.05, 0.1) is 22.0 Å². The van der Waals surface area contributed by atoms with Crippen LogP contribution in [-0.2, 0) is 5.54 Å². The van der Waals surface area contributed by atoms with Crippen molar-refractivity contribution in [2.75, 3.05) is 12.3 Å². The van der Waals surface area contributed by atoms with E-state index in [9.17, 15) is 9.65 Å². The number of nitrogens with two attached hydrogens (primary N) is 2. The molecule has 0 radical (unpaired) electrons. The minimum Gasteiger partial charge on any atom is -0.330 e. The summed E-state index contributed by atoms with van der Waals surface area (Å²) < 4.78 is 13.9.